The summed E-state index contributed by atoms with van der Waals surface area (Å²) in [6.07, 6.45) is 4.63. The summed E-state index contributed by atoms with van der Waals surface area (Å²) in [7, 11) is 4.35. The van der Waals surface area contributed by atoms with E-state index < -0.39 is 0 Å². The average molecular weight is 216 g/mol. The van der Waals surface area contributed by atoms with E-state index >= 15 is 0 Å². The van der Waals surface area contributed by atoms with Crippen LogP contribution in [-0.2, 0) is 0 Å². The summed E-state index contributed by atoms with van der Waals surface area (Å²) < 4.78 is 0. The predicted molar refractivity (Wildman–Crippen MR) is 66.2 cm³/mol. The zero-order valence-corrected chi connectivity index (χ0v) is 10.7. The molecule has 0 spiro atoms. The normalized spacial score (nSPS) is 11.6. The first kappa shape index (κ1) is 14.9. The maximum atomic E-state index is 8.63. The zero-order valence-electron chi connectivity index (χ0n) is 10.7. The van der Waals surface area contributed by atoms with Gasteiger partial charge in [0.2, 0.25) is 0 Å². The molecule has 15 heavy (non-hydrogen) atoms. The Kier molecular flexibility index (Phi) is 10.3. The first-order valence-corrected chi connectivity index (χ1v) is 6.18. The molecule has 0 saturated heterocycles. The highest BCUT2D eigenvalue weighted by molar-refractivity contribution is 4.56. The summed E-state index contributed by atoms with van der Waals surface area (Å²) >= 11 is 0. The van der Waals surface area contributed by atoms with Crippen molar-refractivity contribution in [3.63, 3.8) is 0 Å². The lowest BCUT2D eigenvalue weighted by atomic mass is 10.2. The van der Waals surface area contributed by atoms with Crippen LogP contribution in [0.2, 0.25) is 0 Å². The lowest BCUT2D eigenvalue weighted by Gasteiger charge is -2.20. The average Bonchev–Trinajstić information content (AvgIpc) is 2.25. The van der Waals surface area contributed by atoms with Gasteiger partial charge in [0.15, 0.2) is 0 Å². The minimum absolute atomic E-state index is 0.344. The molecule has 3 heteroatoms. The quantitative estimate of drug-likeness (QED) is 0.560. The summed E-state index contributed by atoms with van der Waals surface area (Å²) in [4.78, 5) is 4.73. The van der Waals surface area contributed by atoms with Gasteiger partial charge in [0.25, 0.3) is 0 Å². The third-order valence-electron chi connectivity index (χ3n) is 2.85. The van der Waals surface area contributed by atoms with Crippen molar-refractivity contribution in [3.8, 4) is 0 Å². The SMILES string of the molecule is CCN(C)CCN(C)CCCCCCO. The molecule has 0 heterocycles. The van der Waals surface area contributed by atoms with Gasteiger partial charge in [0.1, 0.15) is 0 Å². The standard InChI is InChI=1S/C12H28N2O/c1-4-13(2)10-11-14(3)9-7-5-6-8-12-15/h15H,4-12H2,1-3H3. The van der Waals surface area contributed by atoms with Crippen molar-refractivity contribution in [2.45, 2.75) is 32.6 Å². The molecule has 0 aliphatic heterocycles. The van der Waals surface area contributed by atoms with E-state index in [9.17, 15) is 0 Å². The number of likely N-dealkylation sites (N-methyl/N-ethyl adjacent to an activating group) is 2. The van der Waals surface area contributed by atoms with E-state index in [0.717, 1.165) is 26.1 Å². The van der Waals surface area contributed by atoms with Gasteiger partial charge >= 0.3 is 0 Å². The Morgan fingerprint density at radius 1 is 0.800 bits per heavy atom. The minimum Gasteiger partial charge on any atom is -0.396 e. The maximum absolute atomic E-state index is 8.63. The Morgan fingerprint density at radius 2 is 1.40 bits per heavy atom. The second kappa shape index (κ2) is 10.4. The third kappa shape index (κ3) is 10.2. The van der Waals surface area contributed by atoms with Crippen molar-refractivity contribution in [1.82, 2.24) is 9.80 Å². The van der Waals surface area contributed by atoms with Crippen molar-refractivity contribution >= 4 is 0 Å². The Bertz CT molecular complexity index is 131. The molecule has 0 aliphatic rings. The van der Waals surface area contributed by atoms with E-state index in [1.54, 1.807) is 0 Å². The number of aliphatic hydroxyl groups is 1. The molecule has 0 rings (SSSR count). The molecule has 0 aromatic carbocycles. The molecule has 0 fully saturated rings. The van der Waals surface area contributed by atoms with Crippen LogP contribution >= 0.6 is 0 Å². The fourth-order valence-corrected chi connectivity index (χ4v) is 1.46. The van der Waals surface area contributed by atoms with Crippen LogP contribution in [0.5, 0.6) is 0 Å². The molecular formula is C12H28N2O. The molecule has 0 aromatic heterocycles. The second-order valence-electron chi connectivity index (χ2n) is 4.34. The van der Waals surface area contributed by atoms with E-state index in [1.807, 2.05) is 0 Å². The van der Waals surface area contributed by atoms with Crippen LogP contribution in [0.15, 0.2) is 0 Å². The lowest BCUT2D eigenvalue weighted by molar-refractivity contribution is 0.255. The molecule has 0 amide bonds. The molecule has 3 nitrogen and oxygen atoms in total. The fraction of sp³-hybridized carbons (Fsp3) is 1.00. The molecule has 0 atom stereocenters. The summed E-state index contributed by atoms with van der Waals surface area (Å²) in [5.41, 5.74) is 0. The van der Waals surface area contributed by atoms with Gasteiger partial charge in [-0.05, 0) is 40.0 Å². The molecule has 0 bridgehead atoms. The number of hydrogen-bond acceptors (Lipinski definition) is 3. The highest BCUT2D eigenvalue weighted by Gasteiger charge is 2.00. The summed E-state index contributed by atoms with van der Waals surface area (Å²) in [5.74, 6) is 0. The van der Waals surface area contributed by atoms with Gasteiger partial charge in [-0.1, -0.05) is 19.8 Å². The summed E-state index contributed by atoms with van der Waals surface area (Å²) in [6, 6.07) is 0. The molecule has 0 radical (unpaired) electrons. The van der Waals surface area contributed by atoms with E-state index in [-0.39, 0.29) is 0 Å². The van der Waals surface area contributed by atoms with E-state index in [2.05, 4.69) is 30.8 Å². The number of aliphatic hydroxyl groups excluding tert-OH is 1. The number of nitrogens with zero attached hydrogens (tertiary/aromatic N) is 2. The second-order valence-corrected chi connectivity index (χ2v) is 4.34. The Labute approximate surface area is 95.1 Å². The van der Waals surface area contributed by atoms with Gasteiger partial charge in [-0.25, -0.2) is 0 Å². The molecule has 1 N–H and O–H groups in total. The lowest BCUT2D eigenvalue weighted by Crippen LogP contribution is -2.31. The Morgan fingerprint density at radius 3 is 2.00 bits per heavy atom. The topological polar surface area (TPSA) is 26.7 Å². The smallest absolute Gasteiger partial charge is 0.0431 e. The van der Waals surface area contributed by atoms with Crippen molar-refractivity contribution in [2.75, 3.05) is 46.9 Å². The van der Waals surface area contributed by atoms with E-state index in [0.29, 0.717) is 6.61 Å². The monoisotopic (exact) mass is 216 g/mol. The van der Waals surface area contributed by atoms with Crippen molar-refractivity contribution in [2.24, 2.45) is 0 Å². The minimum atomic E-state index is 0.344. The fourth-order valence-electron chi connectivity index (χ4n) is 1.46. The van der Waals surface area contributed by atoms with Gasteiger partial charge < -0.3 is 14.9 Å². The van der Waals surface area contributed by atoms with Crippen molar-refractivity contribution < 1.29 is 5.11 Å². The number of rotatable bonds is 10. The summed E-state index contributed by atoms with van der Waals surface area (Å²) in [6.45, 7) is 7.16. The molecule has 0 aliphatic carbocycles. The van der Waals surface area contributed by atoms with Gasteiger partial charge in [-0.2, -0.15) is 0 Å². The van der Waals surface area contributed by atoms with Crippen LogP contribution in [0.4, 0.5) is 0 Å². The number of hydrogen-bond donors (Lipinski definition) is 1. The largest absolute Gasteiger partial charge is 0.396 e. The van der Waals surface area contributed by atoms with Crippen molar-refractivity contribution in [1.29, 1.82) is 0 Å². The number of unbranched alkanes of at least 4 members (excludes halogenated alkanes) is 3. The van der Waals surface area contributed by atoms with E-state index in [1.165, 1.54) is 25.8 Å². The van der Waals surface area contributed by atoms with Crippen LogP contribution in [0.25, 0.3) is 0 Å². The van der Waals surface area contributed by atoms with Crippen molar-refractivity contribution in [3.05, 3.63) is 0 Å². The van der Waals surface area contributed by atoms with Crippen LogP contribution in [0.1, 0.15) is 32.6 Å². The first-order chi connectivity index (χ1) is 7.20. The molecule has 0 saturated carbocycles. The van der Waals surface area contributed by atoms with E-state index in [4.69, 9.17) is 5.11 Å². The van der Waals surface area contributed by atoms with Gasteiger partial charge in [-0.3, -0.25) is 0 Å². The highest BCUT2D eigenvalue weighted by atomic mass is 16.2. The first-order valence-electron chi connectivity index (χ1n) is 6.18. The molecule has 0 unspecified atom stereocenters. The molecule has 0 aromatic rings. The van der Waals surface area contributed by atoms with Crippen LogP contribution < -0.4 is 0 Å². The van der Waals surface area contributed by atoms with Crippen LogP contribution in [-0.4, -0.2) is 61.8 Å². The molecular weight excluding hydrogens is 188 g/mol. The maximum Gasteiger partial charge on any atom is 0.0431 e. The predicted octanol–water partition coefficient (Wildman–Crippen LogP) is 1.42. The summed E-state index contributed by atoms with van der Waals surface area (Å²) in [5, 5.41) is 8.63. The van der Waals surface area contributed by atoms with Gasteiger partial charge in [-0.15, -0.1) is 0 Å². The van der Waals surface area contributed by atoms with Gasteiger partial charge in [0.05, 0.1) is 0 Å². The Balaban J connectivity index is 3.21. The Hall–Kier alpha value is -0.120. The zero-order chi connectivity index (χ0) is 11.5. The van der Waals surface area contributed by atoms with Crippen LogP contribution in [0.3, 0.4) is 0 Å². The molecule has 92 valence electrons. The van der Waals surface area contributed by atoms with Gasteiger partial charge in [0, 0.05) is 19.7 Å². The highest BCUT2D eigenvalue weighted by Crippen LogP contribution is 2.00. The van der Waals surface area contributed by atoms with Crippen LogP contribution in [0, 0.1) is 0 Å². The third-order valence-corrected chi connectivity index (χ3v) is 2.85.